The third-order valence-corrected chi connectivity index (χ3v) is 7.85. The molecule has 3 aliphatic rings. The maximum atomic E-state index is 13.3. The number of likely N-dealkylation sites (tertiary alicyclic amines) is 1. The minimum atomic E-state index is -1.20. The van der Waals surface area contributed by atoms with E-state index < -0.39 is 53.1 Å². The molecule has 4 amide bonds. The Hall–Kier alpha value is -3.05. The molecule has 34 heavy (non-hydrogen) atoms. The number of carbonyl (C=O) groups is 5. The summed E-state index contributed by atoms with van der Waals surface area (Å²) in [5.41, 5.74) is 1.12. The van der Waals surface area contributed by atoms with Crippen LogP contribution in [-0.2, 0) is 24.0 Å². The first-order valence-electron chi connectivity index (χ1n) is 10.8. The molecular weight excluding hydrogens is 478 g/mol. The maximum Gasteiger partial charge on any atom is 0.330 e. The van der Waals surface area contributed by atoms with E-state index in [0.717, 1.165) is 10.5 Å². The number of amides is 4. The molecule has 2 N–H and O–H groups in total. The lowest BCUT2D eigenvalue weighted by Gasteiger charge is -2.54. The summed E-state index contributed by atoms with van der Waals surface area (Å²) in [7, 11) is 0. The topological polar surface area (TPSA) is 124 Å². The van der Waals surface area contributed by atoms with Gasteiger partial charge in [-0.2, -0.15) is 0 Å². The van der Waals surface area contributed by atoms with Crippen LogP contribution < -0.4 is 5.32 Å². The molecule has 0 radical (unpaired) electrons. The number of thiocarbonyl (C=S) groups is 1. The normalized spacial score (nSPS) is 26.9. The highest BCUT2D eigenvalue weighted by atomic mass is 32.2. The van der Waals surface area contributed by atoms with Gasteiger partial charge in [0.15, 0.2) is 6.04 Å². The van der Waals surface area contributed by atoms with Gasteiger partial charge in [0.25, 0.3) is 11.8 Å². The number of carboxylic acids is 1. The van der Waals surface area contributed by atoms with Crippen molar-refractivity contribution in [3.8, 4) is 0 Å². The molecule has 9 nitrogen and oxygen atoms in total. The Balaban J connectivity index is 1.48. The number of imide groups is 1. The zero-order valence-corrected chi connectivity index (χ0v) is 19.8. The number of hydrogen-bond donors (Lipinski definition) is 2. The first-order chi connectivity index (χ1) is 16.2. The van der Waals surface area contributed by atoms with Gasteiger partial charge in [-0.3, -0.25) is 24.1 Å². The molecule has 0 aromatic heterocycles. The van der Waals surface area contributed by atoms with Crippen molar-refractivity contribution in [3.05, 3.63) is 48.0 Å². The van der Waals surface area contributed by atoms with Crippen molar-refractivity contribution < 1.29 is 29.1 Å². The van der Waals surface area contributed by atoms with Crippen molar-refractivity contribution in [1.29, 1.82) is 0 Å². The lowest BCUT2D eigenvalue weighted by molar-refractivity contribution is -0.172. The molecule has 11 heteroatoms. The van der Waals surface area contributed by atoms with Gasteiger partial charge in [0.1, 0.15) is 17.5 Å². The molecule has 3 aliphatic heterocycles. The summed E-state index contributed by atoms with van der Waals surface area (Å²) in [5, 5.41) is 11.5. The number of benzene rings is 1. The minimum absolute atomic E-state index is 0.0524. The van der Waals surface area contributed by atoms with Crippen LogP contribution in [0.4, 0.5) is 0 Å². The average molecular weight is 502 g/mol. The van der Waals surface area contributed by atoms with Gasteiger partial charge in [0, 0.05) is 17.0 Å². The van der Waals surface area contributed by atoms with Crippen LogP contribution >= 0.6 is 24.0 Å². The van der Waals surface area contributed by atoms with Crippen LogP contribution in [0.2, 0.25) is 0 Å². The number of nitrogens with zero attached hydrogens (tertiary/aromatic N) is 2. The summed E-state index contributed by atoms with van der Waals surface area (Å²) >= 11 is 6.61. The van der Waals surface area contributed by atoms with Gasteiger partial charge < -0.3 is 15.3 Å². The predicted molar refractivity (Wildman–Crippen MR) is 128 cm³/mol. The summed E-state index contributed by atoms with van der Waals surface area (Å²) in [6.07, 6.45) is 0.582. The number of β-lactam (4-membered cyclic amide) rings is 1. The third kappa shape index (κ3) is 4.37. The minimum Gasteiger partial charge on any atom is -0.479 e. The van der Waals surface area contributed by atoms with Crippen LogP contribution in [0.5, 0.6) is 0 Å². The highest BCUT2D eigenvalue weighted by Crippen LogP contribution is 2.42. The van der Waals surface area contributed by atoms with Gasteiger partial charge in [0.05, 0.1) is 6.42 Å². The van der Waals surface area contributed by atoms with Crippen LogP contribution in [0.15, 0.2) is 42.5 Å². The Kier molecular flexibility index (Phi) is 6.85. The number of carboxylic acid groups (broad SMARTS) is 1. The molecular formula is C23H23N3O6S2. The highest BCUT2D eigenvalue weighted by molar-refractivity contribution is 8.00. The van der Waals surface area contributed by atoms with Crippen LogP contribution in [0.25, 0.3) is 0 Å². The molecule has 0 saturated carbocycles. The number of thioether (sulfide) groups is 1. The lowest BCUT2D eigenvalue weighted by atomic mass is 9.96. The summed E-state index contributed by atoms with van der Waals surface area (Å²) in [6, 6.07) is 5.80. The smallest absolute Gasteiger partial charge is 0.330 e. The number of nitrogens with one attached hydrogen (secondary N) is 1. The van der Waals surface area contributed by atoms with E-state index in [4.69, 9.17) is 12.2 Å². The highest BCUT2D eigenvalue weighted by Gasteiger charge is 2.60. The predicted octanol–water partition coefficient (Wildman–Crippen LogP) is 1.11. The van der Waals surface area contributed by atoms with Crippen molar-refractivity contribution in [2.75, 3.05) is 5.75 Å². The molecule has 0 spiro atoms. The number of aliphatic carboxylic acids is 1. The van der Waals surface area contributed by atoms with E-state index in [1.165, 1.54) is 16.7 Å². The Morgan fingerprint density at radius 3 is 2.56 bits per heavy atom. The zero-order chi connectivity index (χ0) is 24.6. The molecule has 4 rings (SSSR count). The van der Waals surface area contributed by atoms with E-state index in [0.29, 0.717) is 22.6 Å². The van der Waals surface area contributed by atoms with Crippen molar-refractivity contribution in [2.45, 2.75) is 49.2 Å². The number of rotatable bonds is 6. The van der Waals surface area contributed by atoms with E-state index in [9.17, 15) is 29.1 Å². The number of carbonyl (C=O) groups excluding carboxylic acids is 4. The Labute approximate surface area is 205 Å². The molecule has 0 bridgehead atoms. The van der Waals surface area contributed by atoms with Gasteiger partial charge in [-0.05, 0) is 24.0 Å². The van der Waals surface area contributed by atoms with Crippen LogP contribution in [0.1, 0.15) is 31.2 Å². The van der Waals surface area contributed by atoms with Crippen LogP contribution in [0.3, 0.4) is 0 Å². The van der Waals surface area contributed by atoms with E-state index >= 15 is 0 Å². The molecule has 1 aromatic carbocycles. The molecule has 4 atom stereocenters. The molecule has 3 saturated heterocycles. The fourth-order valence-corrected chi connectivity index (χ4v) is 6.07. The van der Waals surface area contributed by atoms with Gasteiger partial charge in [0.2, 0.25) is 11.8 Å². The van der Waals surface area contributed by atoms with Crippen molar-refractivity contribution in [1.82, 2.24) is 15.1 Å². The Morgan fingerprint density at radius 1 is 1.18 bits per heavy atom. The summed E-state index contributed by atoms with van der Waals surface area (Å²) in [4.78, 5) is 65.9. The van der Waals surface area contributed by atoms with Crippen LogP contribution in [-0.4, -0.2) is 78.6 Å². The SMILES string of the molecule is C=C1CS[C@H]2C(N3C(=O)CCCC(NC(=O)CC(=S)c4ccccc4)C3=O)C(=O)N2C1C(=O)O. The van der Waals surface area contributed by atoms with Gasteiger partial charge in [-0.1, -0.05) is 49.1 Å². The summed E-state index contributed by atoms with van der Waals surface area (Å²) in [6.45, 7) is 3.74. The second-order valence-corrected chi connectivity index (χ2v) is 9.97. The summed E-state index contributed by atoms with van der Waals surface area (Å²) in [5.74, 6) is -3.11. The number of hydrogen-bond acceptors (Lipinski definition) is 7. The van der Waals surface area contributed by atoms with E-state index in [1.807, 2.05) is 18.2 Å². The third-order valence-electron chi connectivity index (χ3n) is 6.11. The van der Waals surface area contributed by atoms with Gasteiger partial charge in [-0.25, -0.2) is 4.79 Å². The van der Waals surface area contributed by atoms with Crippen LogP contribution in [0, 0.1) is 0 Å². The van der Waals surface area contributed by atoms with Crippen molar-refractivity contribution >= 4 is 58.4 Å². The number of fused-ring (bicyclic) bond motifs is 1. The second-order valence-electron chi connectivity index (χ2n) is 8.37. The Bertz CT molecular complexity index is 1090. The molecule has 1 aromatic rings. The molecule has 0 aliphatic carbocycles. The first-order valence-corrected chi connectivity index (χ1v) is 12.2. The Morgan fingerprint density at radius 2 is 1.88 bits per heavy atom. The molecule has 178 valence electrons. The standard InChI is InChI=1S/C23H23N3O6S2/c1-12-11-34-22-19(21(30)26(22)18(12)23(31)32)25-17(28)9-5-8-14(20(25)29)24-16(27)10-15(33)13-6-3-2-4-7-13/h2-4,6-7,14,18-19,22H,1,5,8-11H2,(H,24,27)(H,31,32)/t14?,18?,19?,22-/m0/s1. The molecule has 3 fully saturated rings. The monoisotopic (exact) mass is 501 g/mol. The van der Waals surface area contributed by atoms with E-state index in [2.05, 4.69) is 11.9 Å². The van der Waals surface area contributed by atoms with E-state index in [1.54, 1.807) is 12.1 Å². The van der Waals surface area contributed by atoms with E-state index in [-0.39, 0.29) is 19.3 Å². The average Bonchev–Trinajstić information content (AvgIpc) is 2.93. The second kappa shape index (κ2) is 9.67. The molecule has 3 unspecified atom stereocenters. The first kappa shape index (κ1) is 24.1. The largest absolute Gasteiger partial charge is 0.479 e. The maximum absolute atomic E-state index is 13.3. The zero-order valence-electron chi connectivity index (χ0n) is 18.1. The molecule has 3 heterocycles. The fourth-order valence-electron chi connectivity index (χ4n) is 4.45. The quantitative estimate of drug-likeness (QED) is 0.195. The van der Waals surface area contributed by atoms with Gasteiger partial charge in [-0.15, -0.1) is 11.8 Å². The van der Waals surface area contributed by atoms with Gasteiger partial charge >= 0.3 is 5.97 Å². The fraction of sp³-hybridized carbons (Fsp3) is 0.391. The lowest BCUT2D eigenvalue weighted by Crippen LogP contribution is -2.76. The van der Waals surface area contributed by atoms with Crippen molar-refractivity contribution in [2.24, 2.45) is 0 Å². The summed E-state index contributed by atoms with van der Waals surface area (Å²) < 4.78 is 0. The van der Waals surface area contributed by atoms with Crippen molar-refractivity contribution in [3.63, 3.8) is 0 Å².